The van der Waals surface area contributed by atoms with Crippen LogP contribution in [-0.4, -0.2) is 18.0 Å². The molecule has 0 radical (unpaired) electrons. The van der Waals surface area contributed by atoms with Gasteiger partial charge in [0.1, 0.15) is 5.54 Å². The third kappa shape index (κ3) is 1.74. The molecule has 0 aromatic heterocycles. The number of carbonyl (C=O) groups is 1. The summed E-state index contributed by atoms with van der Waals surface area (Å²) in [5, 5.41) is 0. The largest absolute Gasteiger partial charge is 0.368 e. The van der Waals surface area contributed by atoms with Gasteiger partial charge < -0.3 is 10.6 Å². The lowest BCUT2D eigenvalue weighted by molar-refractivity contribution is -0.123. The number of carbonyl (C=O) groups excluding carboxylic acids is 1. The third-order valence-electron chi connectivity index (χ3n) is 3.75. The number of rotatable bonds is 3. The van der Waals surface area contributed by atoms with Crippen molar-refractivity contribution in [2.24, 2.45) is 5.73 Å². The van der Waals surface area contributed by atoms with Crippen LogP contribution in [0.3, 0.4) is 0 Å². The molecule has 2 N–H and O–H groups in total. The number of nitrogens with two attached hydrogens (primary N) is 1. The monoisotopic (exact) mass is 254 g/mol. The van der Waals surface area contributed by atoms with Crippen molar-refractivity contribution in [1.82, 2.24) is 0 Å². The number of anilines is 1. The topological polar surface area (TPSA) is 46.3 Å². The van der Waals surface area contributed by atoms with Crippen LogP contribution in [0.25, 0.3) is 0 Å². The molecule has 1 fully saturated rings. The van der Waals surface area contributed by atoms with E-state index in [4.69, 9.17) is 5.73 Å². The van der Waals surface area contributed by atoms with Crippen molar-refractivity contribution in [2.45, 2.75) is 31.7 Å². The van der Waals surface area contributed by atoms with E-state index in [0.717, 1.165) is 12.5 Å². The molecule has 3 nitrogen and oxygen atoms in total. The highest BCUT2D eigenvalue weighted by Gasteiger charge is 2.45. The summed E-state index contributed by atoms with van der Waals surface area (Å²) in [7, 11) is 0. The lowest BCUT2D eigenvalue weighted by Crippen LogP contribution is -2.54. The summed E-state index contributed by atoms with van der Waals surface area (Å²) < 4.78 is 27.1. The number of amides is 1. The maximum atomic E-state index is 13.8. The number of benzene rings is 1. The molecule has 2 rings (SSSR count). The Balaban J connectivity index is 2.49. The Morgan fingerprint density at radius 3 is 2.83 bits per heavy atom. The summed E-state index contributed by atoms with van der Waals surface area (Å²) in [5.74, 6) is -2.31. The van der Waals surface area contributed by atoms with Crippen LogP contribution in [0.15, 0.2) is 18.2 Å². The lowest BCUT2D eigenvalue weighted by Gasteiger charge is -2.36. The van der Waals surface area contributed by atoms with Gasteiger partial charge in [-0.25, -0.2) is 8.78 Å². The average Bonchev–Trinajstić information content (AvgIpc) is 2.77. The van der Waals surface area contributed by atoms with Crippen molar-refractivity contribution in [2.75, 3.05) is 11.4 Å². The van der Waals surface area contributed by atoms with Crippen molar-refractivity contribution in [3.05, 3.63) is 29.8 Å². The molecule has 1 aromatic carbocycles. The van der Waals surface area contributed by atoms with Crippen molar-refractivity contribution < 1.29 is 13.6 Å². The Bertz CT molecular complexity index is 478. The SMILES string of the molecule is CC[C@]1(C(N)=O)CCCN1c1cccc(F)c1F. The molecule has 1 atom stereocenters. The normalized spacial score (nSPS) is 23.4. The van der Waals surface area contributed by atoms with Gasteiger partial charge in [0.2, 0.25) is 5.91 Å². The highest BCUT2D eigenvalue weighted by molar-refractivity contribution is 5.89. The van der Waals surface area contributed by atoms with E-state index in [1.165, 1.54) is 12.1 Å². The summed E-state index contributed by atoms with van der Waals surface area (Å²) in [4.78, 5) is 13.3. The summed E-state index contributed by atoms with van der Waals surface area (Å²) >= 11 is 0. The van der Waals surface area contributed by atoms with Gasteiger partial charge in [-0.05, 0) is 31.4 Å². The quantitative estimate of drug-likeness (QED) is 0.898. The first-order valence-electron chi connectivity index (χ1n) is 6.04. The minimum Gasteiger partial charge on any atom is -0.368 e. The first-order valence-corrected chi connectivity index (χ1v) is 6.04. The molecule has 98 valence electrons. The molecule has 18 heavy (non-hydrogen) atoms. The summed E-state index contributed by atoms with van der Waals surface area (Å²) in [6.45, 7) is 2.34. The molecule has 1 amide bonds. The summed E-state index contributed by atoms with van der Waals surface area (Å²) in [6.07, 6.45) is 1.81. The van der Waals surface area contributed by atoms with Crippen molar-refractivity contribution in [3.63, 3.8) is 0 Å². The van der Waals surface area contributed by atoms with Gasteiger partial charge in [0.05, 0.1) is 5.69 Å². The zero-order chi connectivity index (χ0) is 13.3. The highest BCUT2D eigenvalue weighted by atomic mass is 19.2. The van der Waals surface area contributed by atoms with Crippen molar-refractivity contribution in [1.29, 1.82) is 0 Å². The molecular formula is C13H16F2N2O. The first kappa shape index (κ1) is 12.8. The van der Waals surface area contributed by atoms with Gasteiger partial charge in [0.25, 0.3) is 0 Å². The van der Waals surface area contributed by atoms with E-state index >= 15 is 0 Å². The van der Waals surface area contributed by atoms with E-state index in [0.29, 0.717) is 19.4 Å². The predicted molar refractivity (Wildman–Crippen MR) is 65.2 cm³/mol. The maximum absolute atomic E-state index is 13.8. The number of primary amides is 1. The molecule has 0 unspecified atom stereocenters. The first-order chi connectivity index (χ1) is 8.53. The Morgan fingerprint density at radius 2 is 2.22 bits per heavy atom. The Kier molecular flexibility index (Phi) is 3.24. The predicted octanol–water partition coefficient (Wildman–Crippen LogP) is 2.20. The van der Waals surface area contributed by atoms with Crippen LogP contribution < -0.4 is 10.6 Å². The van der Waals surface area contributed by atoms with Crippen molar-refractivity contribution >= 4 is 11.6 Å². The maximum Gasteiger partial charge on any atom is 0.243 e. The molecule has 5 heteroatoms. The van der Waals surface area contributed by atoms with Crippen LogP contribution >= 0.6 is 0 Å². The zero-order valence-electron chi connectivity index (χ0n) is 10.2. The molecule has 1 saturated heterocycles. The fourth-order valence-corrected chi connectivity index (χ4v) is 2.73. The van der Waals surface area contributed by atoms with E-state index in [2.05, 4.69) is 0 Å². The van der Waals surface area contributed by atoms with Crippen LogP contribution in [0.5, 0.6) is 0 Å². The third-order valence-corrected chi connectivity index (χ3v) is 3.75. The number of halogens is 2. The molecular weight excluding hydrogens is 238 g/mol. The minimum atomic E-state index is -0.918. The smallest absolute Gasteiger partial charge is 0.243 e. The summed E-state index contributed by atoms with van der Waals surface area (Å²) in [5.41, 5.74) is 4.69. The van der Waals surface area contributed by atoms with Gasteiger partial charge in [-0.2, -0.15) is 0 Å². The van der Waals surface area contributed by atoms with Crippen LogP contribution in [0, 0.1) is 11.6 Å². The Labute approximate surface area is 105 Å². The second-order valence-electron chi connectivity index (χ2n) is 4.58. The number of nitrogens with zero attached hydrogens (tertiary/aromatic N) is 1. The Hall–Kier alpha value is -1.65. The molecule has 0 aliphatic carbocycles. The van der Waals surface area contributed by atoms with Crippen LogP contribution in [0.4, 0.5) is 14.5 Å². The van der Waals surface area contributed by atoms with Gasteiger partial charge in [0, 0.05) is 6.54 Å². The van der Waals surface area contributed by atoms with E-state index in [1.54, 1.807) is 4.90 Å². The van der Waals surface area contributed by atoms with Gasteiger partial charge >= 0.3 is 0 Å². The lowest BCUT2D eigenvalue weighted by atomic mass is 9.91. The van der Waals surface area contributed by atoms with Gasteiger partial charge in [0.15, 0.2) is 11.6 Å². The molecule has 1 aliphatic heterocycles. The van der Waals surface area contributed by atoms with Gasteiger partial charge in [-0.3, -0.25) is 4.79 Å². The van der Waals surface area contributed by atoms with Gasteiger partial charge in [-0.15, -0.1) is 0 Å². The van der Waals surface area contributed by atoms with Crippen LogP contribution in [0.1, 0.15) is 26.2 Å². The molecule has 1 aromatic rings. The average molecular weight is 254 g/mol. The molecule has 1 heterocycles. The van der Waals surface area contributed by atoms with Crippen molar-refractivity contribution in [3.8, 4) is 0 Å². The number of hydrogen-bond acceptors (Lipinski definition) is 2. The van der Waals surface area contributed by atoms with Gasteiger partial charge in [-0.1, -0.05) is 13.0 Å². The molecule has 0 bridgehead atoms. The fraction of sp³-hybridized carbons (Fsp3) is 0.462. The molecule has 1 aliphatic rings. The minimum absolute atomic E-state index is 0.119. The Morgan fingerprint density at radius 1 is 1.50 bits per heavy atom. The van der Waals surface area contributed by atoms with E-state index in [9.17, 15) is 13.6 Å². The fourth-order valence-electron chi connectivity index (χ4n) is 2.73. The standard InChI is InChI=1S/C13H16F2N2O/c1-2-13(12(16)18)7-4-8-17(13)10-6-3-5-9(14)11(10)15/h3,5-6H,2,4,7-8H2,1H3,(H2,16,18)/t13-/m1/s1. The highest BCUT2D eigenvalue weighted by Crippen LogP contribution is 2.38. The van der Waals surface area contributed by atoms with E-state index in [-0.39, 0.29) is 5.69 Å². The van der Waals surface area contributed by atoms with E-state index in [1.807, 2.05) is 6.92 Å². The van der Waals surface area contributed by atoms with Crippen LogP contribution in [0.2, 0.25) is 0 Å². The second-order valence-corrected chi connectivity index (χ2v) is 4.58. The molecule has 0 saturated carbocycles. The van der Waals surface area contributed by atoms with Crippen LogP contribution in [-0.2, 0) is 4.79 Å². The second kappa shape index (κ2) is 4.55. The number of hydrogen-bond donors (Lipinski definition) is 1. The zero-order valence-corrected chi connectivity index (χ0v) is 10.2. The molecule has 0 spiro atoms. The summed E-state index contributed by atoms with van der Waals surface area (Å²) in [6, 6.07) is 3.98. The van der Waals surface area contributed by atoms with E-state index < -0.39 is 23.1 Å².